The minimum Gasteiger partial charge on any atom is -0.493 e. The van der Waals surface area contributed by atoms with Crippen molar-refractivity contribution < 1.29 is 14.4 Å². The number of quaternary nitrogens is 1. The van der Waals surface area contributed by atoms with Crippen LogP contribution >= 0.6 is 12.2 Å². The van der Waals surface area contributed by atoms with Gasteiger partial charge in [-0.15, -0.1) is 0 Å². The zero-order valence-electron chi connectivity index (χ0n) is 17.1. The van der Waals surface area contributed by atoms with Crippen LogP contribution in [0.1, 0.15) is 22.5 Å². The predicted octanol–water partition coefficient (Wildman–Crippen LogP) is 2.39. The minimum atomic E-state index is 0.751. The van der Waals surface area contributed by atoms with E-state index in [9.17, 15) is 0 Å². The molecular weight excluding hydrogens is 384 g/mol. The van der Waals surface area contributed by atoms with Crippen molar-refractivity contribution in [2.45, 2.75) is 33.1 Å². The van der Waals surface area contributed by atoms with Crippen LogP contribution in [0.2, 0.25) is 0 Å². The van der Waals surface area contributed by atoms with Gasteiger partial charge in [0.2, 0.25) is 4.77 Å². The van der Waals surface area contributed by atoms with Crippen molar-refractivity contribution in [3.63, 3.8) is 0 Å². The Labute approximate surface area is 176 Å². The Balaban J connectivity index is 1.52. The molecule has 0 spiro atoms. The Morgan fingerprint density at radius 2 is 1.76 bits per heavy atom. The lowest BCUT2D eigenvalue weighted by molar-refractivity contribution is -0.939. The summed E-state index contributed by atoms with van der Waals surface area (Å²) in [6.07, 6.45) is 1.00. The average molecular weight is 412 g/mol. The van der Waals surface area contributed by atoms with Crippen molar-refractivity contribution in [2.75, 3.05) is 20.8 Å². The minimum absolute atomic E-state index is 0.751. The summed E-state index contributed by atoms with van der Waals surface area (Å²) >= 11 is 5.74. The molecule has 0 fully saturated rings. The molecule has 0 aliphatic carbocycles. The molecule has 0 saturated heterocycles. The van der Waals surface area contributed by atoms with Gasteiger partial charge in [0.25, 0.3) is 0 Å². The van der Waals surface area contributed by atoms with E-state index in [1.807, 2.05) is 17.7 Å². The SMILES string of the molecule is COc1cc2c(cc1OC)C[NH+](Cn1nc(C)n(Cc3ccccc3)c1=S)CC2. The van der Waals surface area contributed by atoms with Crippen LogP contribution in [0.25, 0.3) is 0 Å². The molecule has 1 aliphatic rings. The van der Waals surface area contributed by atoms with Crippen molar-refractivity contribution >= 4 is 12.2 Å². The molecule has 2 heterocycles. The highest BCUT2D eigenvalue weighted by Gasteiger charge is 2.23. The number of hydrogen-bond acceptors (Lipinski definition) is 4. The number of ether oxygens (including phenoxy) is 2. The van der Waals surface area contributed by atoms with Gasteiger partial charge in [-0.05, 0) is 42.4 Å². The van der Waals surface area contributed by atoms with Crippen LogP contribution < -0.4 is 14.4 Å². The van der Waals surface area contributed by atoms with Crippen molar-refractivity contribution in [3.8, 4) is 11.5 Å². The summed E-state index contributed by atoms with van der Waals surface area (Å²) in [5.74, 6) is 2.53. The molecule has 1 unspecified atom stereocenters. The largest absolute Gasteiger partial charge is 0.493 e. The van der Waals surface area contributed by atoms with E-state index in [-0.39, 0.29) is 0 Å². The van der Waals surface area contributed by atoms with E-state index < -0.39 is 0 Å². The van der Waals surface area contributed by atoms with Gasteiger partial charge in [-0.2, -0.15) is 9.78 Å². The lowest BCUT2D eigenvalue weighted by atomic mass is 9.99. The van der Waals surface area contributed by atoms with Gasteiger partial charge in [-0.25, -0.2) is 0 Å². The first kappa shape index (κ1) is 19.7. The predicted molar refractivity (Wildman–Crippen MR) is 114 cm³/mol. The Kier molecular flexibility index (Phi) is 5.69. The molecule has 2 aromatic carbocycles. The molecule has 1 aromatic heterocycles. The summed E-state index contributed by atoms with van der Waals surface area (Å²) in [7, 11) is 3.36. The van der Waals surface area contributed by atoms with Gasteiger partial charge >= 0.3 is 0 Å². The Hall–Kier alpha value is -2.64. The highest BCUT2D eigenvalue weighted by Crippen LogP contribution is 2.31. The molecule has 0 radical (unpaired) electrons. The number of benzene rings is 2. The normalized spacial score (nSPS) is 15.8. The van der Waals surface area contributed by atoms with Crippen LogP contribution in [0.3, 0.4) is 0 Å². The monoisotopic (exact) mass is 411 g/mol. The Morgan fingerprint density at radius 3 is 2.45 bits per heavy atom. The molecule has 6 nitrogen and oxygen atoms in total. The molecular formula is C22H27N4O2S+. The van der Waals surface area contributed by atoms with Gasteiger partial charge in [0.1, 0.15) is 12.4 Å². The van der Waals surface area contributed by atoms with E-state index in [1.165, 1.54) is 21.6 Å². The number of fused-ring (bicyclic) bond motifs is 1. The van der Waals surface area contributed by atoms with Gasteiger partial charge in [0.15, 0.2) is 18.2 Å². The first-order valence-corrected chi connectivity index (χ1v) is 10.3. The van der Waals surface area contributed by atoms with Gasteiger partial charge in [0, 0.05) is 12.0 Å². The van der Waals surface area contributed by atoms with E-state index >= 15 is 0 Å². The van der Waals surface area contributed by atoms with Crippen molar-refractivity contribution in [1.29, 1.82) is 0 Å². The lowest BCUT2D eigenvalue weighted by Gasteiger charge is -2.26. The van der Waals surface area contributed by atoms with Gasteiger partial charge in [-0.3, -0.25) is 4.57 Å². The molecule has 3 aromatic rings. The molecule has 7 heteroatoms. The highest BCUT2D eigenvalue weighted by atomic mass is 32.1. The third-order valence-corrected chi connectivity index (χ3v) is 5.99. The maximum absolute atomic E-state index is 5.74. The van der Waals surface area contributed by atoms with Crippen molar-refractivity contribution in [2.24, 2.45) is 0 Å². The zero-order valence-corrected chi connectivity index (χ0v) is 18.0. The molecule has 1 atom stereocenters. The third kappa shape index (κ3) is 4.06. The maximum atomic E-state index is 5.74. The maximum Gasteiger partial charge on any atom is 0.203 e. The molecule has 152 valence electrons. The summed E-state index contributed by atoms with van der Waals surface area (Å²) in [5, 5.41) is 4.73. The van der Waals surface area contributed by atoms with Crippen molar-refractivity contribution in [3.05, 3.63) is 69.8 Å². The fraction of sp³-hybridized carbons (Fsp3) is 0.364. The number of nitrogens with zero attached hydrogens (tertiary/aromatic N) is 3. The summed E-state index contributed by atoms with van der Waals surface area (Å²) < 4.78 is 15.8. The second kappa shape index (κ2) is 8.39. The topological polar surface area (TPSA) is 45.6 Å². The average Bonchev–Trinajstić information content (AvgIpc) is 3.00. The number of hydrogen-bond donors (Lipinski definition) is 1. The Morgan fingerprint density at radius 1 is 1.07 bits per heavy atom. The number of methoxy groups -OCH3 is 2. The molecule has 1 aliphatic heterocycles. The lowest BCUT2D eigenvalue weighted by Crippen LogP contribution is -3.11. The van der Waals surface area contributed by atoms with E-state index in [0.717, 1.165) is 54.8 Å². The second-order valence-electron chi connectivity index (χ2n) is 7.46. The van der Waals surface area contributed by atoms with Gasteiger partial charge < -0.3 is 14.4 Å². The van der Waals surface area contributed by atoms with Crippen LogP contribution in [0, 0.1) is 11.7 Å². The first-order chi connectivity index (χ1) is 14.1. The van der Waals surface area contributed by atoms with E-state index in [1.54, 1.807) is 14.2 Å². The summed E-state index contributed by atoms with van der Waals surface area (Å²) in [4.78, 5) is 1.44. The van der Waals surface area contributed by atoms with Crippen molar-refractivity contribution in [1.82, 2.24) is 14.3 Å². The summed E-state index contributed by atoms with van der Waals surface area (Å²) in [6, 6.07) is 14.6. The van der Waals surface area contributed by atoms with Gasteiger partial charge in [0.05, 0.1) is 27.3 Å². The molecule has 0 saturated carbocycles. The first-order valence-electron chi connectivity index (χ1n) is 9.84. The molecule has 4 rings (SSSR count). The van der Waals surface area contributed by atoms with Gasteiger partial charge in [-0.1, -0.05) is 30.3 Å². The van der Waals surface area contributed by atoms with Crippen LogP contribution in [0.15, 0.2) is 42.5 Å². The number of aryl methyl sites for hydroxylation is 1. The second-order valence-corrected chi connectivity index (χ2v) is 7.83. The molecule has 29 heavy (non-hydrogen) atoms. The van der Waals surface area contributed by atoms with Crippen LogP contribution in [-0.4, -0.2) is 35.1 Å². The van der Waals surface area contributed by atoms with E-state index in [0.29, 0.717) is 0 Å². The molecule has 0 amide bonds. The number of rotatable bonds is 6. The smallest absolute Gasteiger partial charge is 0.203 e. The summed E-state index contributed by atoms with van der Waals surface area (Å²) in [5.41, 5.74) is 3.86. The number of aromatic nitrogens is 3. The highest BCUT2D eigenvalue weighted by molar-refractivity contribution is 7.71. The Bertz CT molecular complexity index is 1060. The van der Waals surface area contributed by atoms with Crippen LogP contribution in [0.4, 0.5) is 0 Å². The van der Waals surface area contributed by atoms with Crippen LogP contribution in [-0.2, 0) is 26.2 Å². The third-order valence-electron chi connectivity index (χ3n) is 5.56. The van der Waals surface area contributed by atoms with E-state index in [4.69, 9.17) is 26.8 Å². The number of nitrogens with one attached hydrogen (secondary N) is 1. The quantitative estimate of drug-likeness (QED) is 0.633. The fourth-order valence-electron chi connectivity index (χ4n) is 3.98. The van der Waals surface area contributed by atoms with Crippen LogP contribution in [0.5, 0.6) is 11.5 Å². The standard InChI is InChI=1S/C22H26N4O2S/c1-16-23-26(22(29)25(16)13-17-7-5-4-6-8-17)15-24-10-9-18-11-20(27-2)21(28-3)12-19(18)14-24/h4-8,11-12H,9-10,13-15H2,1-3H3/p+1. The molecule has 1 N–H and O–H groups in total. The fourth-order valence-corrected chi connectivity index (χ4v) is 4.28. The zero-order chi connectivity index (χ0) is 20.4. The summed E-state index contributed by atoms with van der Waals surface area (Å²) in [6.45, 7) is 5.49. The van der Waals surface area contributed by atoms with E-state index in [2.05, 4.69) is 41.0 Å². The molecule has 0 bridgehead atoms.